The first-order valence-corrected chi connectivity index (χ1v) is 14.7. The van der Waals surface area contributed by atoms with Gasteiger partial charge in [-0.2, -0.15) is 0 Å². The van der Waals surface area contributed by atoms with E-state index in [1.54, 1.807) is 6.92 Å². The number of carbonyl (C=O) groups is 3. The second-order valence-corrected chi connectivity index (χ2v) is 11.3. The smallest absolute Gasteiger partial charge is 0.245 e. The SMILES string of the molecule is CCC(=O)N[C@H](Cc1ccc(NC(=O)CC2CCCCC2)cc1)C(=O)N1CCN(Cc2ccc(Cl)cc2)CC1. The molecular formula is C31H41ClN4O3. The maximum Gasteiger partial charge on any atom is 0.245 e. The Bertz CT molecular complexity index is 1090. The lowest BCUT2D eigenvalue weighted by Gasteiger charge is -2.36. The number of piperazine rings is 1. The zero-order valence-electron chi connectivity index (χ0n) is 23.0. The van der Waals surface area contributed by atoms with E-state index in [-0.39, 0.29) is 17.7 Å². The Morgan fingerprint density at radius 2 is 1.51 bits per heavy atom. The Labute approximate surface area is 237 Å². The van der Waals surface area contributed by atoms with E-state index in [2.05, 4.69) is 15.5 Å². The number of nitrogens with one attached hydrogen (secondary N) is 2. The molecule has 1 saturated heterocycles. The molecule has 210 valence electrons. The largest absolute Gasteiger partial charge is 0.344 e. The van der Waals surface area contributed by atoms with E-state index in [0.29, 0.717) is 38.3 Å². The fourth-order valence-corrected chi connectivity index (χ4v) is 5.64. The van der Waals surface area contributed by atoms with Gasteiger partial charge >= 0.3 is 0 Å². The first-order valence-electron chi connectivity index (χ1n) is 14.3. The third-order valence-corrected chi connectivity index (χ3v) is 8.09. The molecule has 1 heterocycles. The van der Waals surface area contributed by atoms with Gasteiger partial charge in [-0.05, 0) is 54.2 Å². The average Bonchev–Trinajstić information content (AvgIpc) is 2.95. The molecule has 2 aromatic rings. The minimum absolute atomic E-state index is 0.0483. The predicted octanol–water partition coefficient (Wildman–Crippen LogP) is 5.03. The highest BCUT2D eigenvalue weighted by Gasteiger charge is 2.29. The highest BCUT2D eigenvalue weighted by Crippen LogP contribution is 2.26. The summed E-state index contributed by atoms with van der Waals surface area (Å²) >= 11 is 6.00. The summed E-state index contributed by atoms with van der Waals surface area (Å²) in [4.78, 5) is 42.4. The van der Waals surface area contributed by atoms with Gasteiger partial charge in [0, 0.05) is 62.7 Å². The van der Waals surface area contributed by atoms with Crippen molar-refractivity contribution in [3.8, 4) is 0 Å². The first kappa shape index (κ1) is 29.1. The summed E-state index contributed by atoms with van der Waals surface area (Å²) in [7, 11) is 0. The van der Waals surface area contributed by atoms with Crippen molar-refractivity contribution < 1.29 is 14.4 Å². The number of anilines is 1. The standard InChI is InChI=1S/C31H41ClN4O3/c1-2-29(37)34-28(31(39)36-18-16-35(17-19-36)22-25-8-12-26(32)13-9-25)20-24-10-14-27(15-11-24)33-30(38)21-23-6-4-3-5-7-23/h8-15,23,28H,2-7,16-22H2,1H3,(H,33,38)(H,34,37)/t28-/m1/s1. The first-order chi connectivity index (χ1) is 18.9. The molecule has 1 saturated carbocycles. The minimum atomic E-state index is -0.619. The maximum absolute atomic E-state index is 13.5. The van der Waals surface area contributed by atoms with Crippen molar-refractivity contribution in [2.45, 2.75) is 70.9 Å². The zero-order valence-corrected chi connectivity index (χ0v) is 23.7. The van der Waals surface area contributed by atoms with Gasteiger partial charge in [0.1, 0.15) is 6.04 Å². The molecule has 0 unspecified atom stereocenters. The van der Waals surface area contributed by atoms with Crippen LogP contribution in [0.2, 0.25) is 5.02 Å². The van der Waals surface area contributed by atoms with Gasteiger partial charge in [-0.15, -0.1) is 0 Å². The Morgan fingerprint density at radius 3 is 2.15 bits per heavy atom. The summed E-state index contributed by atoms with van der Waals surface area (Å²) in [5.74, 6) is 0.369. The van der Waals surface area contributed by atoms with Crippen molar-refractivity contribution >= 4 is 35.0 Å². The van der Waals surface area contributed by atoms with Crippen molar-refractivity contribution in [2.24, 2.45) is 5.92 Å². The van der Waals surface area contributed by atoms with Crippen LogP contribution < -0.4 is 10.6 Å². The molecule has 0 spiro atoms. The molecule has 2 aromatic carbocycles. The molecule has 3 amide bonds. The third kappa shape index (κ3) is 9.07. The summed E-state index contributed by atoms with van der Waals surface area (Å²) in [6.45, 7) is 5.40. The Morgan fingerprint density at radius 1 is 0.872 bits per heavy atom. The van der Waals surface area contributed by atoms with E-state index in [4.69, 9.17) is 11.6 Å². The highest BCUT2D eigenvalue weighted by atomic mass is 35.5. The van der Waals surface area contributed by atoms with E-state index >= 15 is 0 Å². The lowest BCUT2D eigenvalue weighted by atomic mass is 9.87. The van der Waals surface area contributed by atoms with Crippen LogP contribution in [0, 0.1) is 5.92 Å². The quantitative estimate of drug-likeness (QED) is 0.433. The van der Waals surface area contributed by atoms with Gasteiger partial charge in [0.15, 0.2) is 0 Å². The number of benzene rings is 2. The summed E-state index contributed by atoms with van der Waals surface area (Å²) in [5, 5.41) is 6.67. The van der Waals surface area contributed by atoms with Crippen LogP contribution in [-0.4, -0.2) is 59.7 Å². The number of rotatable bonds is 10. The summed E-state index contributed by atoms with van der Waals surface area (Å²) in [6.07, 6.45) is 7.32. The van der Waals surface area contributed by atoms with Gasteiger partial charge < -0.3 is 15.5 Å². The van der Waals surface area contributed by atoms with Gasteiger partial charge in [0.05, 0.1) is 0 Å². The van der Waals surface area contributed by atoms with Gasteiger partial charge in [0.2, 0.25) is 17.7 Å². The molecule has 0 aromatic heterocycles. The van der Waals surface area contributed by atoms with Gasteiger partial charge in [-0.25, -0.2) is 0 Å². The second kappa shape index (κ2) is 14.5. The van der Waals surface area contributed by atoms with E-state index in [1.165, 1.54) is 24.8 Å². The van der Waals surface area contributed by atoms with Crippen LogP contribution in [0.25, 0.3) is 0 Å². The van der Waals surface area contributed by atoms with Crippen LogP contribution >= 0.6 is 11.6 Å². The molecule has 1 aliphatic carbocycles. The molecular weight excluding hydrogens is 512 g/mol. The zero-order chi connectivity index (χ0) is 27.6. The number of carbonyl (C=O) groups excluding carboxylic acids is 3. The second-order valence-electron chi connectivity index (χ2n) is 10.9. The fourth-order valence-electron chi connectivity index (χ4n) is 5.52. The van der Waals surface area contributed by atoms with E-state index in [0.717, 1.165) is 48.7 Å². The monoisotopic (exact) mass is 552 g/mol. The molecule has 8 heteroatoms. The maximum atomic E-state index is 13.5. The lowest BCUT2D eigenvalue weighted by Crippen LogP contribution is -2.55. The lowest BCUT2D eigenvalue weighted by molar-refractivity contribution is -0.138. The highest BCUT2D eigenvalue weighted by molar-refractivity contribution is 6.30. The Hall–Kier alpha value is -2.90. The Balaban J connectivity index is 1.30. The summed E-state index contributed by atoms with van der Waals surface area (Å²) in [6, 6.07) is 14.9. The molecule has 2 N–H and O–H groups in total. The van der Waals surface area contributed by atoms with Gasteiger partial charge in [0.25, 0.3) is 0 Å². The molecule has 7 nitrogen and oxygen atoms in total. The molecule has 39 heavy (non-hydrogen) atoms. The number of hydrogen-bond acceptors (Lipinski definition) is 4. The summed E-state index contributed by atoms with van der Waals surface area (Å²) < 4.78 is 0. The normalized spacial score (nSPS) is 17.4. The fraction of sp³-hybridized carbons (Fsp3) is 0.516. The van der Waals surface area contributed by atoms with Crippen LogP contribution in [0.1, 0.15) is 63.0 Å². The molecule has 2 fully saturated rings. The van der Waals surface area contributed by atoms with E-state index in [9.17, 15) is 14.4 Å². The number of hydrogen-bond donors (Lipinski definition) is 2. The van der Waals surface area contributed by atoms with E-state index in [1.807, 2.05) is 53.4 Å². The summed E-state index contributed by atoms with van der Waals surface area (Å²) in [5.41, 5.74) is 2.90. The predicted molar refractivity (Wildman–Crippen MR) is 155 cm³/mol. The van der Waals surface area contributed by atoms with Crippen molar-refractivity contribution in [1.29, 1.82) is 0 Å². The molecule has 1 atom stereocenters. The van der Waals surface area contributed by atoms with Crippen LogP contribution in [0.3, 0.4) is 0 Å². The van der Waals surface area contributed by atoms with Crippen LogP contribution in [0.4, 0.5) is 5.69 Å². The van der Waals surface area contributed by atoms with Crippen molar-refractivity contribution in [2.75, 3.05) is 31.5 Å². The number of halogens is 1. The third-order valence-electron chi connectivity index (χ3n) is 7.83. The van der Waals surface area contributed by atoms with Gasteiger partial charge in [-0.3, -0.25) is 19.3 Å². The topological polar surface area (TPSA) is 81.8 Å². The number of nitrogens with zero attached hydrogens (tertiary/aromatic N) is 2. The van der Waals surface area contributed by atoms with Crippen molar-refractivity contribution in [3.63, 3.8) is 0 Å². The molecule has 2 aliphatic rings. The molecule has 0 bridgehead atoms. The number of amides is 3. The molecule has 4 rings (SSSR count). The van der Waals surface area contributed by atoms with Crippen LogP contribution in [-0.2, 0) is 27.3 Å². The minimum Gasteiger partial charge on any atom is -0.344 e. The Kier molecular flexibility index (Phi) is 10.8. The van der Waals surface area contributed by atoms with Crippen LogP contribution in [0.15, 0.2) is 48.5 Å². The van der Waals surface area contributed by atoms with Crippen molar-refractivity contribution in [3.05, 3.63) is 64.7 Å². The molecule has 0 radical (unpaired) electrons. The van der Waals surface area contributed by atoms with Crippen molar-refractivity contribution in [1.82, 2.24) is 15.1 Å². The van der Waals surface area contributed by atoms with Crippen LogP contribution in [0.5, 0.6) is 0 Å². The van der Waals surface area contributed by atoms with Gasteiger partial charge in [-0.1, -0.05) is 62.1 Å². The average molecular weight is 553 g/mol. The molecule has 1 aliphatic heterocycles. The van der Waals surface area contributed by atoms with E-state index < -0.39 is 6.04 Å².